The molecule has 0 bridgehead atoms. The van der Waals surface area contributed by atoms with Gasteiger partial charge in [-0.15, -0.1) is 0 Å². The summed E-state index contributed by atoms with van der Waals surface area (Å²) in [6.45, 7) is 9.48. The molecule has 0 aliphatic carbocycles. The molecule has 126 valence electrons. The van der Waals surface area contributed by atoms with Gasteiger partial charge in [0, 0.05) is 13.1 Å². The number of carboxylic acid groups (broad SMARTS) is 1. The number of aliphatic carboxylic acids is 1. The maximum absolute atomic E-state index is 12.5. The summed E-state index contributed by atoms with van der Waals surface area (Å²) >= 11 is 0. The molecule has 2 N–H and O–H groups in total. The molecular weight excluding hydrogens is 306 g/mol. The minimum atomic E-state index is -3.77. The maximum atomic E-state index is 12.5. The van der Waals surface area contributed by atoms with E-state index in [4.69, 9.17) is 0 Å². The Morgan fingerprint density at radius 3 is 2.36 bits per heavy atom. The number of aryl methyl sites for hydroxylation is 2. The van der Waals surface area contributed by atoms with Crippen molar-refractivity contribution in [3.8, 4) is 0 Å². The van der Waals surface area contributed by atoms with Crippen molar-refractivity contribution in [2.75, 3.05) is 6.54 Å². The van der Waals surface area contributed by atoms with Gasteiger partial charge < -0.3 is 5.11 Å². The predicted octanol–water partition coefficient (Wildman–Crippen LogP) is 1.55. The highest BCUT2D eigenvalue weighted by atomic mass is 32.2. The van der Waals surface area contributed by atoms with Crippen molar-refractivity contribution in [1.29, 1.82) is 0 Å². The molecule has 1 rings (SSSR count). The molecule has 0 radical (unpaired) electrons. The summed E-state index contributed by atoms with van der Waals surface area (Å²) < 4.78 is 29.0. The molecule has 1 aromatic rings. The van der Waals surface area contributed by atoms with Crippen molar-refractivity contribution < 1.29 is 18.3 Å². The lowest BCUT2D eigenvalue weighted by atomic mass is 9.98. The van der Waals surface area contributed by atoms with Crippen LogP contribution in [0.15, 0.2) is 4.90 Å². The fourth-order valence-corrected chi connectivity index (χ4v) is 3.99. The predicted molar refractivity (Wildman–Crippen MR) is 83.1 cm³/mol. The van der Waals surface area contributed by atoms with Gasteiger partial charge in [-0.1, -0.05) is 13.8 Å². The van der Waals surface area contributed by atoms with Crippen LogP contribution in [0.3, 0.4) is 0 Å². The molecule has 0 amide bonds. The van der Waals surface area contributed by atoms with Gasteiger partial charge >= 0.3 is 5.97 Å². The molecule has 0 aliphatic rings. The third-order valence-electron chi connectivity index (χ3n) is 3.51. The Morgan fingerprint density at radius 2 is 1.95 bits per heavy atom. The van der Waals surface area contributed by atoms with Gasteiger partial charge in [-0.25, -0.2) is 13.1 Å². The van der Waals surface area contributed by atoms with E-state index in [0.717, 1.165) is 0 Å². The molecule has 1 unspecified atom stereocenters. The second-order valence-electron chi connectivity index (χ2n) is 5.83. The number of rotatable bonds is 8. The van der Waals surface area contributed by atoms with E-state index < -0.39 is 21.9 Å². The van der Waals surface area contributed by atoms with Crippen LogP contribution in [0.2, 0.25) is 0 Å². The van der Waals surface area contributed by atoms with Crippen LogP contribution in [0, 0.1) is 25.7 Å². The molecule has 0 aliphatic heterocycles. The number of aromatic nitrogens is 2. The quantitative estimate of drug-likeness (QED) is 0.752. The molecule has 22 heavy (non-hydrogen) atoms. The summed E-state index contributed by atoms with van der Waals surface area (Å²) in [6.07, 6.45) is 0.421. The molecule has 1 heterocycles. The fourth-order valence-electron chi connectivity index (χ4n) is 2.50. The first-order chi connectivity index (χ1) is 10.1. The van der Waals surface area contributed by atoms with Crippen LogP contribution in [-0.2, 0) is 21.4 Å². The molecule has 1 aromatic heterocycles. The minimum Gasteiger partial charge on any atom is -0.481 e. The molecule has 7 nitrogen and oxygen atoms in total. The van der Waals surface area contributed by atoms with Crippen molar-refractivity contribution in [3.63, 3.8) is 0 Å². The van der Waals surface area contributed by atoms with Crippen LogP contribution < -0.4 is 4.72 Å². The lowest BCUT2D eigenvalue weighted by Crippen LogP contribution is -2.34. The van der Waals surface area contributed by atoms with Gasteiger partial charge in [0.15, 0.2) is 0 Å². The number of nitrogens with zero attached hydrogens (tertiary/aromatic N) is 2. The SMILES string of the molecule is CCn1nc(C)c(S(=O)(=O)NCC(CC(C)C)C(=O)O)c1C. The Kier molecular flexibility index (Phi) is 6.13. The first-order valence-corrected chi connectivity index (χ1v) is 8.84. The zero-order valence-corrected chi connectivity index (χ0v) is 14.6. The van der Waals surface area contributed by atoms with E-state index in [0.29, 0.717) is 24.4 Å². The van der Waals surface area contributed by atoms with E-state index in [9.17, 15) is 18.3 Å². The molecule has 1 atom stereocenters. The van der Waals surface area contributed by atoms with Gasteiger partial charge in [0.1, 0.15) is 4.90 Å². The summed E-state index contributed by atoms with van der Waals surface area (Å²) in [5.74, 6) is -1.55. The number of carbonyl (C=O) groups is 1. The fraction of sp³-hybridized carbons (Fsp3) is 0.714. The van der Waals surface area contributed by atoms with Crippen LogP contribution in [0.25, 0.3) is 0 Å². The Morgan fingerprint density at radius 1 is 1.36 bits per heavy atom. The van der Waals surface area contributed by atoms with E-state index in [1.165, 1.54) is 0 Å². The Hall–Kier alpha value is -1.41. The Labute approximate surface area is 131 Å². The van der Waals surface area contributed by atoms with Gasteiger partial charge in [-0.3, -0.25) is 9.48 Å². The summed E-state index contributed by atoms with van der Waals surface area (Å²) in [6, 6.07) is 0. The second kappa shape index (κ2) is 7.23. The van der Waals surface area contributed by atoms with Crippen molar-refractivity contribution in [2.45, 2.75) is 52.5 Å². The van der Waals surface area contributed by atoms with Crippen LogP contribution in [0.1, 0.15) is 38.6 Å². The van der Waals surface area contributed by atoms with Crippen molar-refractivity contribution in [2.24, 2.45) is 11.8 Å². The monoisotopic (exact) mass is 331 g/mol. The van der Waals surface area contributed by atoms with E-state index in [2.05, 4.69) is 9.82 Å². The normalized spacial score (nSPS) is 13.5. The van der Waals surface area contributed by atoms with E-state index >= 15 is 0 Å². The number of hydrogen-bond donors (Lipinski definition) is 2. The average molecular weight is 331 g/mol. The number of sulfonamides is 1. The van der Waals surface area contributed by atoms with Gasteiger partial charge in [-0.2, -0.15) is 5.10 Å². The van der Waals surface area contributed by atoms with Crippen LogP contribution >= 0.6 is 0 Å². The summed E-state index contributed by atoms with van der Waals surface area (Å²) in [7, 11) is -3.77. The lowest BCUT2D eigenvalue weighted by molar-refractivity contribution is -0.142. The summed E-state index contributed by atoms with van der Waals surface area (Å²) in [5.41, 5.74) is 0.978. The second-order valence-corrected chi connectivity index (χ2v) is 7.54. The summed E-state index contributed by atoms with van der Waals surface area (Å²) in [4.78, 5) is 11.4. The molecule has 8 heteroatoms. The summed E-state index contributed by atoms with van der Waals surface area (Å²) in [5, 5.41) is 13.4. The third kappa shape index (κ3) is 4.30. The van der Waals surface area contributed by atoms with Gasteiger partial charge in [0.05, 0.1) is 17.3 Å². The molecule has 0 saturated heterocycles. The zero-order chi connectivity index (χ0) is 17.1. The van der Waals surface area contributed by atoms with E-state index in [-0.39, 0.29) is 17.4 Å². The van der Waals surface area contributed by atoms with E-state index in [1.807, 2.05) is 20.8 Å². The number of nitrogens with one attached hydrogen (secondary N) is 1. The molecular formula is C14H25N3O4S. The Bertz CT molecular complexity index is 635. The highest BCUT2D eigenvalue weighted by Crippen LogP contribution is 2.20. The smallest absolute Gasteiger partial charge is 0.307 e. The molecule has 0 saturated carbocycles. The van der Waals surface area contributed by atoms with Crippen LogP contribution in [0.5, 0.6) is 0 Å². The standard InChI is InChI=1S/C14H25N3O4S/c1-6-17-11(5)13(10(4)16-17)22(20,21)15-8-12(14(18)19)7-9(2)3/h9,12,15H,6-8H2,1-5H3,(H,18,19). The zero-order valence-electron chi connectivity index (χ0n) is 13.8. The largest absolute Gasteiger partial charge is 0.481 e. The first kappa shape index (κ1) is 18.6. The van der Waals surface area contributed by atoms with Gasteiger partial charge in [-0.05, 0) is 33.1 Å². The Balaban J connectivity index is 2.97. The van der Waals surface area contributed by atoms with Gasteiger partial charge in [0.2, 0.25) is 10.0 Å². The highest BCUT2D eigenvalue weighted by Gasteiger charge is 2.27. The van der Waals surface area contributed by atoms with Gasteiger partial charge in [0.25, 0.3) is 0 Å². The van der Waals surface area contributed by atoms with Crippen molar-refractivity contribution in [1.82, 2.24) is 14.5 Å². The molecule has 0 spiro atoms. The number of hydrogen-bond acceptors (Lipinski definition) is 4. The van der Waals surface area contributed by atoms with Crippen molar-refractivity contribution in [3.05, 3.63) is 11.4 Å². The lowest BCUT2D eigenvalue weighted by Gasteiger charge is -2.15. The van der Waals surface area contributed by atoms with Crippen LogP contribution in [0.4, 0.5) is 0 Å². The maximum Gasteiger partial charge on any atom is 0.307 e. The average Bonchev–Trinajstić information content (AvgIpc) is 2.69. The number of carboxylic acids is 1. The highest BCUT2D eigenvalue weighted by molar-refractivity contribution is 7.89. The topological polar surface area (TPSA) is 101 Å². The molecule has 0 aromatic carbocycles. The first-order valence-electron chi connectivity index (χ1n) is 7.36. The van der Waals surface area contributed by atoms with E-state index in [1.54, 1.807) is 18.5 Å². The van der Waals surface area contributed by atoms with Crippen LogP contribution in [-0.4, -0.2) is 35.8 Å². The minimum absolute atomic E-state index is 0.119. The van der Waals surface area contributed by atoms with Crippen molar-refractivity contribution >= 4 is 16.0 Å². The molecule has 0 fully saturated rings. The third-order valence-corrected chi connectivity index (χ3v) is 5.18.